The molecular formula is C17H28IN3O. The predicted octanol–water partition coefficient (Wildman–Crippen LogP) is 2.69. The normalized spacial score (nSPS) is 15.9. The fourth-order valence-electron chi connectivity index (χ4n) is 2.40. The molecule has 124 valence electrons. The Morgan fingerprint density at radius 1 is 1.18 bits per heavy atom. The number of aliphatic hydroxyl groups is 1. The first-order valence-electron chi connectivity index (χ1n) is 7.93. The minimum absolute atomic E-state index is 0. The first-order valence-corrected chi connectivity index (χ1v) is 7.93. The molecule has 0 atom stereocenters. The fourth-order valence-corrected chi connectivity index (χ4v) is 2.40. The minimum atomic E-state index is 0. The Morgan fingerprint density at radius 2 is 1.86 bits per heavy atom. The number of nitrogens with one attached hydrogen (secondary N) is 2. The molecule has 22 heavy (non-hydrogen) atoms. The van der Waals surface area contributed by atoms with Crippen LogP contribution >= 0.6 is 24.0 Å². The lowest BCUT2D eigenvalue weighted by Crippen LogP contribution is -2.41. The second-order valence-corrected chi connectivity index (χ2v) is 5.83. The Kier molecular flexibility index (Phi) is 8.17. The van der Waals surface area contributed by atoms with Crippen molar-refractivity contribution in [3.63, 3.8) is 0 Å². The maximum Gasteiger partial charge on any atom is 0.191 e. The van der Waals surface area contributed by atoms with Gasteiger partial charge in [-0.1, -0.05) is 31.2 Å². The van der Waals surface area contributed by atoms with E-state index in [0.29, 0.717) is 6.54 Å². The van der Waals surface area contributed by atoms with Crippen LogP contribution in [-0.2, 0) is 13.0 Å². The van der Waals surface area contributed by atoms with E-state index in [1.807, 2.05) is 0 Å². The van der Waals surface area contributed by atoms with E-state index in [2.05, 4.69) is 53.7 Å². The van der Waals surface area contributed by atoms with Gasteiger partial charge in [-0.25, -0.2) is 4.99 Å². The molecule has 0 unspecified atom stereocenters. The zero-order valence-corrected chi connectivity index (χ0v) is 15.9. The Bertz CT molecular complexity index is 487. The zero-order valence-electron chi connectivity index (χ0n) is 13.6. The summed E-state index contributed by atoms with van der Waals surface area (Å²) in [6.07, 6.45) is 3.24. The maximum absolute atomic E-state index is 9.38. The number of aliphatic hydroxyl groups excluding tert-OH is 1. The molecule has 1 fully saturated rings. The van der Waals surface area contributed by atoms with Crippen molar-refractivity contribution in [2.75, 3.05) is 19.7 Å². The van der Waals surface area contributed by atoms with E-state index in [1.165, 1.54) is 11.1 Å². The van der Waals surface area contributed by atoms with Crippen LogP contribution in [0.3, 0.4) is 0 Å². The molecule has 0 spiro atoms. The number of aliphatic imine (C=N–C) groups is 1. The van der Waals surface area contributed by atoms with Gasteiger partial charge in [-0.3, -0.25) is 0 Å². The van der Waals surface area contributed by atoms with Crippen molar-refractivity contribution in [1.29, 1.82) is 0 Å². The van der Waals surface area contributed by atoms with Crippen molar-refractivity contribution in [2.45, 2.75) is 39.7 Å². The zero-order chi connectivity index (χ0) is 15.1. The highest BCUT2D eigenvalue weighted by Crippen LogP contribution is 2.44. The van der Waals surface area contributed by atoms with E-state index in [4.69, 9.17) is 0 Å². The molecule has 2 rings (SSSR count). The lowest BCUT2D eigenvalue weighted by atomic mass is 10.1. The van der Waals surface area contributed by atoms with Gasteiger partial charge in [-0.15, -0.1) is 24.0 Å². The molecule has 1 aliphatic rings. The Balaban J connectivity index is 0.00000242. The van der Waals surface area contributed by atoms with Crippen molar-refractivity contribution in [3.05, 3.63) is 35.4 Å². The SMILES string of the molecule is CCNC(=NCc1ccccc1CC)NCC1(CO)CC1.I. The molecule has 0 bridgehead atoms. The average Bonchev–Trinajstić information content (AvgIpc) is 3.31. The Labute approximate surface area is 150 Å². The minimum Gasteiger partial charge on any atom is -0.396 e. The van der Waals surface area contributed by atoms with Crippen molar-refractivity contribution in [1.82, 2.24) is 10.6 Å². The van der Waals surface area contributed by atoms with E-state index < -0.39 is 0 Å². The second-order valence-electron chi connectivity index (χ2n) is 5.83. The molecule has 5 heteroatoms. The van der Waals surface area contributed by atoms with Crippen LogP contribution in [0.5, 0.6) is 0 Å². The maximum atomic E-state index is 9.38. The van der Waals surface area contributed by atoms with E-state index in [1.54, 1.807) is 0 Å². The Hall–Kier alpha value is -0.820. The van der Waals surface area contributed by atoms with Gasteiger partial charge in [0.2, 0.25) is 0 Å². The third kappa shape index (κ3) is 5.43. The molecule has 1 saturated carbocycles. The van der Waals surface area contributed by atoms with Gasteiger partial charge < -0.3 is 15.7 Å². The van der Waals surface area contributed by atoms with Crippen molar-refractivity contribution >= 4 is 29.9 Å². The average molecular weight is 417 g/mol. The fraction of sp³-hybridized carbons (Fsp3) is 0.588. The van der Waals surface area contributed by atoms with Gasteiger partial charge in [0.25, 0.3) is 0 Å². The first-order chi connectivity index (χ1) is 10.2. The van der Waals surface area contributed by atoms with Gasteiger partial charge >= 0.3 is 0 Å². The summed E-state index contributed by atoms with van der Waals surface area (Å²) in [6, 6.07) is 8.45. The molecule has 0 amide bonds. The second kappa shape index (κ2) is 9.35. The highest BCUT2D eigenvalue weighted by Gasteiger charge is 2.41. The van der Waals surface area contributed by atoms with Gasteiger partial charge in [0.1, 0.15) is 0 Å². The molecule has 1 aromatic carbocycles. The molecule has 0 aromatic heterocycles. The Morgan fingerprint density at radius 3 is 2.41 bits per heavy atom. The topological polar surface area (TPSA) is 56.7 Å². The van der Waals surface area contributed by atoms with E-state index in [0.717, 1.165) is 38.3 Å². The van der Waals surface area contributed by atoms with Gasteiger partial charge in [0.05, 0.1) is 13.2 Å². The van der Waals surface area contributed by atoms with Gasteiger partial charge in [0, 0.05) is 18.5 Å². The summed E-state index contributed by atoms with van der Waals surface area (Å²) in [5.74, 6) is 0.836. The number of guanidine groups is 1. The van der Waals surface area contributed by atoms with Crippen molar-refractivity contribution in [2.24, 2.45) is 10.4 Å². The summed E-state index contributed by atoms with van der Waals surface area (Å²) in [5, 5.41) is 16.0. The number of hydrogen-bond donors (Lipinski definition) is 3. The molecule has 0 aliphatic heterocycles. The summed E-state index contributed by atoms with van der Waals surface area (Å²) < 4.78 is 0. The van der Waals surface area contributed by atoms with Crippen LogP contribution in [0.1, 0.15) is 37.8 Å². The highest BCUT2D eigenvalue weighted by atomic mass is 127. The third-order valence-electron chi connectivity index (χ3n) is 4.17. The van der Waals surface area contributed by atoms with Crippen LogP contribution in [0, 0.1) is 5.41 Å². The highest BCUT2D eigenvalue weighted by molar-refractivity contribution is 14.0. The van der Waals surface area contributed by atoms with Crippen LogP contribution in [-0.4, -0.2) is 30.8 Å². The molecule has 0 radical (unpaired) electrons. The number of nitrogens with zero attached hydrogens (tertiary/aromatic N) is 1. The van der Waals surface area contributed by atoms with Crippen LogP contribution in [0.4, 0.5) is 0 Å². The van der Waals surface area contributed by atoms with Crippen LogP contribution in [0.25, 0.3) is 0 Å². The lowest BCUT2D eigenvalue weighted by Gasteiger charge is -2.16. The van der Waals surface area contributed by atoms with Gasteiger partial charge in [-0.2, -0.15) is 0 Å². The number of rotatable bonds is 7. The molecule has 1 aromatic rings. The first kappa shape index (κ1) is 19.2. The number of halogens is 1. The summed E-state index contributed by atoms with van der Waals surface area (Å²) in [4.78, 5) is 4.67. The molecule has 0 heterocycles. The van der Waals surface area contributed by atoms with E-state index in [9.17, 15) is 5.11 Å². The summed E-state index contributed by atoms with van der Waals surface area (Å²) in [7, 11) is 0. The van der Waals surface area contributed by atoms with Crippen LogP contribution in [0.2, 0.25) is 0 Å². The lowest BCUT2D eigenvalue weighted by molar-refractivity contribution is 0.212. The molecule has 3 N–H and O–H groups in total. The third-order valence-corrected chi connectivity index (χ3v) is 4.17. The molecule has 4 nitrogen and oxygen atoms in total. The van der Waals surface area contributed by atoms with Gasteiger partial charge in [0.15, 0.2) is 5.96 Å². The summed E-state index contributed by atoms with van der Waals surface area (Å²) >= 11 is 0. The van der Waals surface area contributed by atoms with E-state index in [-0.39, 0.29) is 36.0 Å². The largest absolute Gasteiger partial charge is 0.396 e. The van der Waals surface area contributed by atoms with Crippen LogP contribution < -0.4 is 10.6 Å². The monoisotopic (exact) mass is 417 g/mol. The molecule has 0 saturated heterocycles. The number of hydrogen-bond acceptors (Lipinski definition) is 2. The smallest absolute Gasteiger partial charge is 0.191 e. The number of benzene rings is 1. The quantitative estimate of drug-likeness (QED) is 0.363. The van der Waals surface area contributed by atoms with Gasteiger partial charge in [-0.05, 0) is 37.3 Å². The van der Waals surface area contributed by atoms with E-state index >= 15 is 0 Å². The number of aryl methyl sites for hydroxylation is 1. The summed E-state index contributed by atoms with van der Waals surface area (Å²) in [6.45, 7) is 6.82. The predicted molar refractivity (Wildman–Crippen MR) is 103 cm³/mol. The van der Waals surface area contributed by atoms with Crippen molar-refractivity contribution in [3.8, 4) is 0 Å². The summed E-state index contributed by atoms with van der Waals surface area (Å²) in [5.41, 5.74) is 2.73. The van der Waals surface area contributed by atoms with Crippen LogP contribution in [0.15, 0.2) is 29.3 Å². The molecule has 1 aliphatic carbocycles. The standard InChI is InChI=1S/C17H27N3O.HI/c1-3-14-7-5-6-8-15(14)11-19-16(18-4-2)20-12-17(13-21)9-10-17;/h5-8,21H,3-4,9-13H2,1-2H3,(H2,18,19,20);1H. The van der Waals surface area contributed by atoms with Crippen molar-refractivity contribution < 1.29 is 5.11 Å². The molecular weight excluding hydrogens is 389 g/mol.